The molecule has 0 aliphatic rings. The van der Waals surface area contributed by atoms with Gasteiger partial charge in [0, 0.05) is 13.3 Å². The van der Waals surface area contributed by atoms with Gasteiger partial charge in [-0.15, -0.1) is 0 Å². The van der Waals surface area contributed by atoms with Crippen LogP contribution in [0.4, 0.5) is 0 Å². The molecule has 7 heteroatoms. The molecule has 0 radical (unpaired) electrons. The Bertz CT molecular complexity index is 423. The van der Waals surface area contributed by atoms with Crippen LogP contribution in [0, 0.1) is 0 Å². The first-order valence-electron chi connectivity index (χ1n) is 5.71. The normalized spacial score (nSPS) is 11.9. The molecule has 1 heterocycles. The summed E-state index contributed by atoms with van der Waals surface area (Å²) in [6.45, 7) is 1.64. The largest absolute Gasteiger partial charge is 0.480 e. The molecule has 0 fully saturated rings. The highest BCUT2D eigenvalue weighted by Crippen LogP contribution is 2.08. The van der Waals surface area contributed by atoms with E-state index >= 15 is 0 Å². The van der Waals surface area contributed by atoms with Gasteiger partial charge in [0.15, 0.2) is 6.04 Å². The zero-order chi connectivity index (χ0) is 14.3. The van der Waals surface area contributed by atoms with E-state index in [1.54, 1.807) is 19.1 Å². The number of aliphatic carboxylic acids is 1. The molecule has 1 unspecified atom stereocenters. The van der Waals surface area contributed by atoms with Crippen molar-refractivity contribution in [1.82, 2.24) is 10.0 Å². The summed E-state index contributed by atoms with van der Waals surface area (Å²) in [5.41, 5.74) is 0.110. The lowest BCUT2D eigenvalue weighted by Crippen LogP contribution is -2.47. The molecule has 1 aromatic heterocycles. The van der Waals surface area contributed by atoms with Gasteiger partial charge in [-0.25, -0.2) is 4.79 Å². The van der Waals surface area contributed by atoms with Crippen LogP contribution in [-0.2, 0) is 14.4 Å². The summed E-state index contributed by atoms with van der Waals surface area (Å²) in [6.07, 6.45) is 1.45. The summed E-state index contributed by atoms with van der Waals surface area (Å²) in [6, 6.07) is 3.56. The predicted octanol–water partition coefficient (Wildman–Crippen LogP) is 0.575. The number of hydroxylamine groups is 2. The van der Waals surface area contributed by atoms with Crippen molar-refractivity contribution in [2.24, 2.45) is 0 Å². The summed E-state index contributed by atoms with van der Waals surface area (Å²) in [7, 11) is 1.35. The lowest BCUT2D eigenvalue weighted by Gasteiger charge is -2.26. The van der Waals surface area contributed by atoms with Gasteiger partial charge in [-0.05, 0) is 19.1 Å². The van der Waals surface area contributed by atoms with Gasteiger partial charge in [-0.2, -0.15) is 5.06 Å². The van der Waals surface area contributed by atoms with Crippen LogP contribution in [0.3, 0.4) is 0 Å². The van der Waals surface area contributed by atoms with E-state index in [1.165, 1.54) is 19.4 Å². The molecule has 1 atom stereocenters. The molecule has 104 valence electrons. The van der Waals surface area contributed by atoms with Crippen LogP contribution < -0.4 is 0 Å². The van der Waals surface area contributed by atoms with E-state index in [9.17, 15) is 9.59 Å². The second-order valence-electron chi connectivity index (χ2n) is 3.57. The number of ether oxygens (including phenoxy) is 1. The number of hydrogen-bond acceptors (Lipinski definition) is 5. The zero-order valence-corrected chi connectivity index (χ0v) is 10.8. The fourth-order valence-electron chi connectivity index (χ4n) is 1.43. The minimum Gasteiger partial charge on any atom is -0.480 e. The average molecular weight is 268 g/mol. The molecule has 0 aliphatic heterocycles. The molecular weight excluding hydrogens is 252 g/mol. The molecule has 0 bridgehead atoms. The summed E-state index contributed by atoms with van der Waals surface area (Å²) < 4.78 is 4.80. The van der Waals surface area contributed by atoms with Crippen molar-refractivity contribution in [2.75, 3.05) is 20.3 Å². The van der Waals surface area contributed by atoms with Gasteiger partial charge in [0.2, 0.25) is 0 Å². The Morgan fingerprint density at radius 1 is 1.47 bits per heavy atom. The number of amides is 1. The third-order valence-electron chi connectivity index (χ3n) is 2.25. The van der Waals surface area contributed by atoms with E-state index in [4.69, 9.17) is 14.7 Å². The fraction of sp³-hybridized carbons (Fsp3) is 0.417. The van der Waals surface area contributed by atoms with Crippen molar-refractivity contribution < 1.29 is 24.3 Å². The number of carbonyl (C=O) groups is 2. The molecular formula is C12H16N2O5. The first-order chi connectivity index (χ1) is 9.11. The molecule has 0 saturated carbocycles. The van der Waals surface area contributed by atoms with Crippen LogP contribution in [-0.4, -0.2) is 53.4 Å². The average Bonchev–Trinajstić information content (AvgIpc) is 2.42. The van der Waals surface area contributed by atoms with E-state index in [0.717, 1.165) is 5.06 Å². The molecule has 0 aromatic carbocycles. The highest BCUT2D eigenvalue weighted by Gasteiger charge is 2.32. The standard InChI is InChI=1S/C12H16N2O5/c1-3-19-14(10(8-18-2)12(16)17)11(15)9-6-4-5-7-13-9/h4-7,10H,3,8H2,1-2H3,(H,16,17). The molecule has 1 amide bonds. The van der Waals surface area contributed by atoms with Crippen molar-refractivity contribution in [3.05, 3.63) is 30.1 Å². The van der Waals surface area contributed by atoms with Crippen LogP contribution in [0.5, 0.6) is 0 Å². The number of nitrogens with zero attached hydrogens (tertiary/aromatic N) is 2. The van der Waals surface area contributed by atoms with Crippen LogP contribution in [0.15, 0.2) is 24.4 Å². The number of pyridine rings is 1. The van der Waals surface area contributed by atoms with Crippen molar-refractivity contribution in [1.29, 1.82) is 0 Å². The van der Waals surface area contributed by atoms with Gasteiger partial charge in [0.05, 0.1) is 13.2 Å². The van der Waals surface area contributed by atoms with Crippen LogP contribution in [0.1, 0.15) is 17.4 Å². The van der Waals surface area contributed by atoms with Crippen molar-refractivity contribution >= 4 is 11.9 Å². The van der Waals surface area contributed by atoms with Crippen molar-refractivity contribution in [3.8, 4) is 0 Å². The highest BCUT2D eigenvalue weighted by atomic mass is 16.7. The lowest BCUT2D eigenvalue weighted by molar-refractivity contribution is -0.179. The number of aromatic nitrogens is 1. The van der Waals surface area contributed by atoms with Gasteiger partial charge in [0.1, 0.15) is 5.69 Å². The number of carbonyl (C=O) groups excluding carboxylic acids is 1. The van der Waals surface area contributed by atoms with Crippen LogP contribution in [0.2, 0.25) is 0 Å². The van der Waals surface area contributed by atoms with E-state index in [0.29, 0.717) is 0 Å². The Morgan fingerprint density at radius 3 is 2.68 bits per heavy atom. The van der Waals surface area contributed by atoms with Gasteiger partial charge < -0.3 is 9.84 Å². The Hall–Kier alpha value is -1.99. The predicted molar refractivity (Wildman–Crippen MR) is 65.3 cm³/mol. The smallest absolute Gasteiger partial charge is 0.331 e. The van der Waals surface area contributed by atoms with Crippen LogP contribution >= 0.6 is 0 Å². The second kappa shape index (κ2) is 7.45. The Kier molecular flexibility index (Phi) is 5.91. The summed E-state index contributed by atoms with van der Waals surface area (Å²) in [4.78, 5) is 32.3. The van der Waals surface area contributed by atoms with Gasteiger partial charge >= 0.3 is 5.97 Å². The summed E-state index contributed by atoms with van der Waals surface area (Å²) in [5.74, 6) is -1.83. The SMILES string of the molecule is CCON(C(=O)c1ccccn1)C(COC)C(=O)O. The third-order valence-corrected chi connectivity index (χ3v) is 2.25. The minimum atomic E-state index is -1.22. The summed E-state index contributed by atoms with van der Waals surface area (Å²) in [5, 5.41) is 9.91. The second-order valence-corrected chi connectivity index (χ2v) is 3.57. The highest BCUT2D eigenvalue weighted by molar-refractivity contribution is 5.94. The quantitative estimate of drug-likeness (QED) is 0.727. The van der Waals surface area contributed by atoms with Gasteiger partial charge in [0.25, 0.3) is 5.91 Å². The molecule has 1 rings (SSSR count). The van der Waals surface area contributed by atoms with Crippen LogP contribution in [0.25, 0.3) is 0 Å². The third kappa shape index (κ3) is 4.01. The fourth-order valence-corrected chi connectivity index (χ4v) is 1.43. The lowest BCUT2D eigenvalue weighted by atomic mass is 10.2. The first kappa shape index (κ1) is 15.1. The van der Waals surface area contributed by atoms with E-state index in [1.807, 2.05) is 0 Å². The first-order valence-corrected chi connectivity index (χ1v) is 5.71. The maximum atomic E-state index is 12.2. The number of hydrogen-bond donors (Lipinski definition) is 1. The number of rotatable bonds is 7. The Labute approximate surface area is 110 Å². The van der Waals surface area contributed by atoms with E-state index in [2.05, 4.69) is 4.98 Å². The van der Waals surface area contributed by atoms with Gasteiger partial charge in [-0.1, -0.05) is 6.07 Å². The maximum absolute atomic E-state index is 12.2. The molecule has 7 nitrogen and oxygen atoms in total. The number of carboxylic acid groups (broad SMARTS) is 1. The monoisotopic (exact) mass is 268 g/mol. The number of methoxy groups -OCH3 is 1. The van der Waals surface area contributed by atoms with E-state index in [-0.39, 0.29) is 18.9 Å². The van der Waals surface area contributed by atoms with Gasteiger partial charge in [-0.3, -0.25) is 14.6 Å². The van der Waals surface area contributed by atoms with Crippen molar-refractivity contribution in [2.45, 2.75) is 13.0 Å². The summed E-state index contributed by atoms with van der Waals surface area (Å²) >= 11 is 0. The molecule has 0 spiro atoms. The molecule has 1 N–H and O–H groups in total. The maximum Gasteiger partial charge on any atom is 0.331 e. The minimum absolute atomic E-state index is 0.110. The molecule has 0 saturated heterocycles. The molecule has 1 aromatic rings. The molecule has 19 heavy (non-hydrogen) atoms. The van der Waals surface area contributed by atoms with E-state index < -0.39 is 17.9 Å². The Balaban J connectivity index is 2.98. The Morgan fingerprint density at radius 2 is 2.21 bits per heavy atom. The zero-order valence-electron chi connectivity index (χ0n) is 10.8. The number of carboxylic acids is 1. The molecule has 0 aliphatic carbocycles. The van der Waals surface area contributed by atoms with Crippen molar-refractivity contribution in [3.63, 3.8) is 0 Å². The topological polar surface area (TPSA) is 89.0 Å².